The third-order valence-electron chi connectivity index (χ3n) is 4.39. The maximum atomic E-state index is 11.7. The van der Waals surface area contributed by atoms with E-state index in [9.17, 15) is 9.90 Å². The number of likely N-dealkylation sites (tertiary alicyclic amines) is 1. The van der Waals surface area contributed by atoms with Gasteiger partial charge in [-0.25, -0.2) is 0 Å². The van der Waals surface area contributed by atoms with Gasteiger partial charge in [0.25, 0.3) is 0 Å². The van der Waals surface area contributed by atoms with Gasteiger partial charge >= 0.3 is 0 Å². The fourth-order valence-electron chi connectivity index (χ4n) is 2.63. The van der Waals surface area contributed by atoms with Gasteiger partial charge in [0.1, 0.15) is 0 Å². The lowest BCUT2D eigenvalue weighted by Gasteiger charge is -2.19. The van der Waals surface area contributed by atoms with Crippen LogP contribution in [0, 0.1) is 5.41 Å². The summed E-state index contributed by atoms with van der Waals surface area (Å²) in [5.74, 6) is 1.02. The van der Waals surface area contributed by atoms with Crippen molar-refractivity contribution >= 4 is 35.8 Å². The van der Waals surface area contributed by atoms with Crippen LogP contribution in [0.15, 0.2) is 4.99 Å². The van der Waals surface area contributed by atoms with Gasteiger partial charge in [0, 0.05) is 37.5 Å². The van der Waals surface area contributed by atoms with Gasteiger partial charge in [-0.05, 0) is 26.2 Å². The number of rotatable bonds is 6. The van der Waals surface area contributed by atoms with Crippen LogP contribution in [0.1, 0.15) is 39.5 Å². The molecule has 1 saturated heterocycles. The molecule has 0 aromatic heterocycles. The Labute approximate surface area is 150 Å². The summed E-state index contributed by atoms with van der Waals surface area (Å²) < 4.78 is 0. The molecular formula is C15H29IN4O2. The number of aliphatic hydroxyl groups is 1. The fourth-order valence-corrected chi connectivity index (χ4v) is 2.63. The number of guanidine groups is 1. The molecule has 128 valence electrons. The second kappa shape index (κ2) is 8.90. The quantitative estimate of drug-likeness (QED) is 0.337. The molecule has 2 fully saturated rings. The van der Waals surface area contributed by atoms with E-state index in [1.807, 2.05) is 18.7 Å². The molecule has 1 unspecified atom stereocenters. The van der Waals surface area contributed by atoms with E-state index in [1.54, 1.807) is 0 Å². The Balaban J connectivity index is 0.00000242. The second-order valence-electron chi connectivity index (χ2n) is 6.18. The van der Waals surface area contributed by atoms with Crippen molar-refractivity contribution in [1.29, 1.82) is 0 Å². The van der Waals surface area contributed by atoms with Crippen molar-refractivity contribution in [2.45, 2.75) is 45.6 Å². The molecule has 1 aliphatic heterocycles. The first-order valence-electron chi connectivity index (χ1n) is 8.06. The van der Waals surface area contributed by atoms with E-state index >= 15 is 0 Å². The van der Waals surface area contributed by atoms with E-state index in [4.69, 9.17) is 0 Å². The first-order chi connectivity index (χ1) is 10.1. The number of aliphatic hydroxyl groups excluding tert-OH is 1. The maximum absolute atomic E-state index is 11.7. The zero-order chi connectivity index (χ0) is 15.3. The van der Waals surface area contributed by atoms with Crippen LogP contribution in [0.25, 0.3) is 0 Å². The van der Waals surface area contributed by atoms with Gasteiger partial charge in [-0.15, -0.1) is 24.0 Å². The van der Waals surface area contributed by atoms with Crippen molar-refractivity contribution in [3.63, 3.8) is 0 Å². The summed E-state index contributed by atoms with van der Waals surface area (Å²) in [5, 5.41) is 16.0. The second-order valence-corrected chi connectivity index (χ2v) is 6.18. The van der Waals surface area contributed by atoms with E-state index in [1.165, 1.54) is 0 Å². The van der Waals surface area contributed by atoms with Gasteiger partial charge in [-0.3, -0.25) is 9.79 Å². The van der Waals surface area contributed by atoms with Crippen LogP contribution in [0.2, 0.25) is 0 Å². The van der Waals surface area contributed by atoms with Gasteiger partial charge in [-0.1, -0.05) is 6.92 Å². The number of aliphatic imine (C=N–C) groups is 1. The lowest BCUT2D eigenvalue weighted by Crippen LogP contribution is -2.45. The van der Waals surface area contributed by atoms with Crippen molar-refractivity contribution in [2.75, 3.05) is 32.8 Å². The molecule has 1 saturated carbocycles. The van der Waals surface area contributed by atoms with Gasteiger partial charge < -0.3 is 20.6 Å². The summed E-state index contributed by atoms with van der Waals surface area (Å²) in [6.07, 6.45) is 3.66. The highest BCUT2D eigenvalue weighted by atomic mass is 127. The van der Waals surface area contributed by atoms with Crippen LogP contribution < -0.4 is 10.6 Å². The Morgan fingerprint density at radius 1 is 1.41 bits per heavy atom. The standard InChI is InChI=1S/C15H28N4O2.HI/c1-3-13(21)19-8-5-12(9-19)18-14(16-4-2)17-10-15(11-20)6-7-15;/h12,20H,3-11H2,1-2H3,(H2,16,17,18);1H. The SMILES string of the molecule is CCNC(=NCC1(CO)CC1)NC1CCN(C(=O)CC)C1.I. The van der Waals surface area contributed by atoms with Crippen LogP contribution in [0.4, 0.5) is 0 Å². The Morgan fingerprint density at radius 3 is 2.68 bits per heavy atom. The van der Waals surface area contributed by atoms with Crippen LogP contribution in [0.3, 0.4) is 0 Å². The number of halogens is 1. The van der Waals surface area contributed by atoms with Crippen LogP contribution in [-0.2, 0) is 4.79 Å². The smallest absolute Gasteiger partial charge is 0.222 e. The first-order valence-corrected chi connectivity index (χ1v) is 8.06. The van der Waals surface area contributed by atoms with E-state index in [0.29, 0.717) is 13.0 Å². The lowest BCUT2D eigenvalue weighted by molar-refractivity contribution is -0.129. The van der Waals surface area contributed by atoms with Crippen molar-refractivity contribution in [1.82, 2.24) is 15.5 Å². The normalized spacial score (nSPS) is 23.0. The summed E-state index contributed by atoms with van der Waals surface area (Å²) in [6, 6.07) is 0.266. The topological polar surface area (TPSA) is 77.0 Å². The number of nitrogens with zero attached hydrogens (tertiary/aromatic N) is 2. The third kappa shape index (κ3) is 5.26. The minimum absolute atomic E-state index is 0. The van der Waals surface area contributed by atoms with Gasteiger partial charge in [0.2, 0.25) is 5.91 Å². The molecule has 7 heteroatoms. The minimum atomic E-state index is 0. The number of carbonyl (C=O) groups excluding carboxylic acids is 1. The molecule has 0 radical (unpaired) electrons. The molecule has 0 spiro atoms. The average Bonchev–Trinajstić information content (AvgIpc) is 3.14. The van der Waals surface area contributed by atoms with Gasteiger partial charge in [-0.2, -0.15) is 0 Å². The highest BCUT2D eigenvalue weighted by Gasteiger charge is 2.41. The molecule has 0 aromatic rings. The Hall–Kier alpha value is -0.570. The highest BCUT2D eigenvalue weighted by molar-refractivity contribution is 14.0. The summed E-state index contributed by atoms with van der Waals surface area (Å²) in [4.78, 5) is 18.2. The predicted molar refractivity (Wildman–Crippen MR) is 98.6 cm³/mol. The summed E-state index contributed by atoms with van der Waals surface area (Å²) in [5.41, 5.74) is 0.0300. The zero-order valence-corrected chi connectivity index (χ0v) is 15.9. The predicted octanol–water partition coefficient (Wildman–Crippen LogP) is 0.943. The van der Waals surface area contributed by atoms with Crippen LogP contribution >= 0.6 is 24.0 Å². The maximum Gasteiger partial charge on any atom is 0.222 e. The third-order valence-corrected chi connectivity index (χ3v) is 4.39. The fraction of sp³-hybridized carbons (Fsp3) is 0.867. The molecule has 6 nitrogen and oxygen atoms in total. The molecule has 22 heavy (non-hydrogen) atoms. The molecule has 1 heterocycles. The van der Waals surface area contributed by atoms with E-state index in [-0.39, 0.29) is 47.9 Å². The van der Waals surface area contributed by atoms with E-state index in [0.717, 1.165) is 44.9 Å². The lowest BCUT2D eigenvalue weighted by atomic mass is 10.1. The van der Waals surface area contributed by atoms with Gasteiger partial charge in [0.05, 0.1) is 13.2 Å². The molecule has 1 aliphatic carbocycles. The van der Waals surface area contributed by atoms with Crippen LogP contribution in [-0.4, -0.2) is 60.7 Å². The Bertz CT molecular complexity index is 399. The molecule has 2 rings (SSSR count). The zero-order valence-electron chi connectivity index (χ0n) is 13.6. The molecular weight excluding hydrogens is 395 g/mol. The van der Waals surface area contributed by atoms with E-state index in [2.05, 4.69) is 15.6 Å². The average molecular weight is 424 g/mol. The van der Waals surface area contributed by atoms with Crippen molar-refractivity contribution in [2.24, 2.45) is 10.4 Å². The van der Waals surface area contributed by atoms with Crippen LogP contribution in [0.5, 0.6) is 0 Å². The summed E-state index contributed by atoms with van der Waals surface area (Å²) >= 11 is 0. The molecule has 0 aromatic carbocycles. The minimum Gasteiger partial charge on any atom is -0.396 e. The van der Waals surface area contributed by atoms with Crippen molar-refractivity contribution in [3.8, 4) is 0 Å². The summed E-state index contributed by atoms with van der Waals surface area (Å²) in [6.45, 7) is 7.21. The van der Waals surface area contributed by atoms with E-state index < -0.39 is 0 Å². The van der Waals surface area contributed by atoms with Crippen molar-refractivity contribution < 1.29 is 9.90 Å². The largest absolute Gasteiger partial charge is 0.396 e. The number of nitrogens with one attached hydrogen (secondary N) is 2. The molecule has 3 N–H and O–H groups in total. The number of hydrogen-bond acceptors (Lipinski definition) is 3. The molecule has 1 amide bonds. The monoisotopic (exact) mass is 424 g/mol. The molecule has 1 atom stereocenters. The first kappa shape index (κ1) is 19.5. The number of amides is 1. The highest BCUT2D eigenvalue weighted by Crippen LogP contribution is 2.45. The number of carbonyl (C=O) groups is 1. The summed E-state index contributed by atoms with van der Waals surface area (Å²) in [7, 11) is 0. The number of hydrogen-bond donors (Lipinski definition) is 3. The molecule has 2 aliphatic rings. The Morgan fingerprint density at radius 2 is 2.14 bits per heavy atom. The Kier molecular flexibility index (Phi) is 7.88. The van der Waals surface area contributed by atoms with Gasteiger partial charge in [0.15, 0.2) is 5.96 Å². The molecule has 0 bridgehead atoms. The van der Waals surface area contributed by atoms with Crippen molar-refractivity contribution in [3.05, 3.63) is 0 Å².